The van der Waals surface area contributed by atoms with Crippen LogP contribution in [0.5, 0.6) is 0 Å². The van der Waals surface area contributed by atoms with Crippen molar-refractivity contribution in [3.63, 3.8) is 0 Å². The molecular weight excluding hydrogens is 315 g/mol. The first-order valence-corrected chi connectivity index (χ1v) is 7.81. The number of benzene rings is 2. The van der Waals surface area contributed by atoms with E-state index in [0.717, 1.165) is 34.5 Å². The standard InChI is InChI=1S/C19H18F3NO/c1-11-4-3-5-12(2)17(11)23-18(24)16-10-15(16)13-6-8-14(9-7-13)19(20,21)22/h3-9,15-16H,10H2,1-2H3,(H,23,24). The monoisotopic (exact) mass is 333 g/mol. The van der Waals surface area contributed by atoms with Crippen molar-refractivity contribution in [2.24, 2.45) is 5.92 Å². The van der Waals surface area contributed by atoms with Crippen molar-refractivity contribution in [2.45, 2.75) is 32.4 Å². The fraction of sp³-hybridized carbons (Fsp3) is 0.316. The van der Waals surface area contributed by atoms with E-state index in [-0.39, 0.29) is 17.7 Å². The third kappa shape index (κ3) is 3.30. The van der Waals surface area contributed by atoms with Gasteiger partial charge in [-0.25, -0.2) is 0 Å². The van der Waals surface area contributed by atoms with Gasteiger partial charge in [-0.1, -0.05) is 30.3 Å². The van der Waals surface area contributed by atoms with Crippen LogP contribution in [0.15, 0.2) is 42.5 Å². The van der Waals surface area contributed by atoms with Crippen molar-refractivity contribution < 1.29 is 18.0 Å². The van der Waals surface area contributed by atoms with Crippen LogP contribution in [0, 0.1) is 19.8 Å². The maximum atomic E-state index is 12.6. The predicted octanol–water partition coefficient (Wildman–Crippen LogP) is 5.06. The minimum atomic E-state index is -4.33. The average molecular weight is 333 g/mol. The van der Waals surface area contributed by atoms with Crippen molar-refractivity contribution in [3.8, 4) is 0 Å². The van der Waals surface area contributed by atoms with E-state index in [9.17, 15) is 18.0 Å². The largest absolute Gasteiger partial charge is 0.416 e. The number of carbonyl (C=O) groups excluding carboxylic acids is 1. The van der Waals surface area contributed by atoms with Gasteiger partial charge in [0, 0.05) is 11.6 Å². The number of rotatable bonds is 3. The number of alkyl halides is 3. The van der Waals surface area contributed by atoms with Gasteiger partial charge in [0.1, 0.15) is 0 Å². The van der Waals surface area contributed by atoms with E-state index in [2.05, 4.69) is 5.32 Å². The van der Waals surface area contributed by atoms with E-state index in [1.807, 2.05) is 32.0 Å². The number of amides is 1. The molecule has 0 heterocycles. The number of aryl methyl sites for hydroxylation is 2. The number of halogens is 3. The minimum absolute atomic E-state index is 0.00314. The lowest BCUT2D eigenvalue weighted by Crippen LogP contribution is -2.16. The molecule has 3 rings (SSSR count). The van der Waals surface area contributed by atoms with Gasteiger partial charge in [-0.15, -0.1) is 0 Å². The van der Waals surface area contributed by atoms with Crippen LogP contribution < -0.4 is 5.32 Å². The second kappa shape index (κ2) is 5.96. The molecule has 0 aliphatic heterocycles. The second-order valence-electron chi connectivity index (χ2n) is 6.32. The van der Waals surface area contributed by atoms with E-state index in [1.165, 1.54) is 12.1 Å². The molecule has 2 atom stereocenters. The summed E-state index contributed by atoms with van der Waals surface area (Å²) in [5.41, 5.74) is 2.93. The van der Waals surface area contributed by atoms with Crippen molar-refractivity contribution in [2.75, 3.05) is 5.32 Å². The van der Waals surface area contributed by atoms with Gasteiger partial charge in [0.25, 0.3) is 0 Å². The first-order chi connectivity index (χ1) is 11.3. The van der Waals surface area contributed by atoms with E-state index in [1.54, 1.807) is 0 Å². The molecule has 1 amide bonds. The molecule has 2 aromatic carbocycles. The van der Waals surface area contributed by atoms with Gasteiger partial charge in [0.15, 0.2) is 0 Å². The number of hydrogen-bond donors (Lipinski definition) is 1. The van der Waals surface area contributed by atoms with Crippen LogP contribution in [0.25, 0.3) is 0 Å². The molecule has 126 valence electrons. The molecule has 0 spiro atoms. The Morgan fingerprint density at radius 1 is 1.04 bits per heavy atom. The molecule has 0 radical (unpaired) electrons. The van der Waals surface area contributed by atoms with Crippen LogP contribution in [0.4, 0.5) is 18.9 Å². The highest BCUT2D eigenvalue weighted by molar-refractivity contribution is 5.96. The normalized spacial score (nSPS) is 19.9. The zero-order valence-corrected chi connectivity index (χ0v) is 13.4. The Labute approximate surface area is 138 Å². The van der Waals surface area contributed by atoms with Crippen molar-refractivity contribution in [3.05, 3.63) is 64.7 Å². The van der Waals surface area contributed by atoms with Crippen LogP contribution in [0.2, 0.25) is 0 Å². The number of hydrogen-bond acceptors (Lipinski definition) is 1. The predicted molar refractivity (Wildman–Crippen MR) is 86.8 cm³/mol. The van der Waals surface area contributed by atoms with Gasteiger partial charge in [0.2, 0.25) is 5.91 Å². The lowest BCUT2D eigenvalue weighted by Gasteiger charge is -2.11. The summed E-state index contributed by atoms with van der Waals surface area (Å²) in [7, 11) is 0. The molecule has 1 aliphatic rings. The third-order valence-corrected chi connectivity index (χ3v) is 4.52. The summed E-state index contributed by atoms with van der Waals surface area (Å²) in [6.45, 7) is 3.87. The Hall–Kier alpha value is -2.30. The second-order valence-corrected chi connectivity index (χ2v) is 6.32. The molecule has 0 saturated heterocycles. The lowest BCUT2D eigenvalue weighted by molar-refractivity contribution is -0.137. The highest BCUT2D eigenvalue weighted by atomic mass is 19.4. The van der Waals surface area contributed by atoms with Crippen LogP contribution in [0.3, 0.4) is 0 Å². The molecule has 1 aliphatic carbocycles. The fourth-order valence-corrected chi connectivity index (χ4v) is 3.00. The van der Waals surface area contributed by atoms with Crippen LogP contribution in [-0.2, 0) is 11.0 Å². The van der Waals surface area contributed by atoms with Gasteiger partial charge >= 0.3 is 6.18 Å². The number of anilines is 1. The topological polar surface area (TPSA) is 29.1 Å². The highest BCUT2D eigenvalue weighted by Gasteiger charge is 2.44. The molecule has 5 heteroatoms. The first-order valence-electron chi connectivity index (χ1n) is 7.81. The summed E-state index contributed by atoms with van der Waals surface area (Å²) >= 11 is 0. The van der Waals surface area contributed by atoms with Gasteiger partial charge in [-0.2, -0.15) is 13.2 Å². The summed E-state index contributed by atoms with van der Waals surface area (Å²) in [5, 5.41) is 2.96. The van der Waals surface area contributed by atoms with E-state index in [0.29, 0.717) is 6.42 Å². The van der Waals surface area contributed by atoms with Crippen molar-refractivity contribution >= 4 is 11.6 Å². The molecule has 2 aromatic rings. The summed E-state index contributed by atoms with van der Waals surface area (Å²) in [6.07, 6.45) is -3.66. The van der Waals surface area contributed by atoms with Gasteiger partial charge in [0.05, 0.1) is 5.56 Å². The Bertz CT molecular complexity index is 745. The maximum absolute atomic E-state index is 12.6. The van der Waals surface area contributed by atoms with Gasteiger partial charge < -0.3 is 5.32 Å². The smallest absolute Gasteiger partial charge is 0.325 e. The number of nitrogens with one attached hydrogen (secondary N) is 1. The molecule has 0 bridgehead atoms. The zero-order valence-electron chi connectivity index (χ0n) is 13.4. The SMILES string of the molecule is Cc1cccc(C)c1NC(=O)C1CC1c1ccc(C(F)(F)F)cc1. The maximum Gasteiger partial charge on any atom is 0.416 e. The molecular formula is C19H18F3NO. The molecule has 1 fully saturated rings. The molecule has 2 unspecified atom stereocenters. The van der Waals surface area contributed by atoms with Crippen LogP contribution >= 0.6 is 0 Å². The molecule has 1 N–H and O–H groups in total. The van der Waals surface area contributed by atoms with E-state index in [4.69, 9.17) is 0 Å². The molecule has 2 nitrogen and oxygen atoms in total. The van der Waals surface area contributed by atoms with Crippen molar-refractivity contribution in [1.29, 1.82) is 0 Å². The first kappa shape index (κ1) is 16.6. The van der Waals surface area contributed by atoms with E-state index >= 15 is 0 Å². The fourth-order valence-electron chi connectivity index (χ4n) is 3.00. The summed E-state index contributed by atoms with van der Waals surface area (Å²) in [5.74, 6) is -0.255. The van der Waals surface area contributed by atoms with Gasteiger partial charge in [-0.3, -0.25) is 4.79 Å². The zero-order chi connectivity index (χ0) is 17.5. The van der Waals surface area contributed by atoms with Crippen LogP contribution in [-0.4, -0.2) is 5.91 Å². The van der Waals surface area contributed by atoms with Crippen molar-refractivity contribution in [1.82, 2.24) is 0 Å². The summed E-state index contributed by atoms with van der Waals surface area (Å²) in [4.78, 5) is 12.4. The molecule has 24 heavy (non-hydrogen) atoms. The highest BCUT2D eigenvalue weighted by Crippen LogP contribution is 2.48. The average Bonchev–Trinajstić information content (AvgIpc) is 3.31. The third-order valence-electron chi connectivity index (χ3n) is 4.52. The van der Waals surface area contributed by atoms with Gasteiger partial charge in [-0.05, 0) is 55.0 Å². The number of para-hydroxylation sites is 1. The van der Waals surface area contributed by atoms with E-state index < -0.39 is 11.7 Å². The Morgan fingerprint density at radius 2 is 1.62 bits per heavy atom. The minimum Gasteiger partial charge on any atom is -0.325 e. The molecule has 0 aromatic heterocycles. The summed E-state index contributed by atoms with van der Waals surface area (Å²) < 4.78 is 37.8. The molecule has 1 saturated carbocycles. The van der Waals surface area contributed by atoms with Crippen LogP contribution in [0.1, 0.15) is 34.6 Å². The Kier molecular flexibility index (Phi) is 4.11. The quantitative estimate of drug-likeness (QED) is 0.835. The number of carbonyl (C=O) groups is 1. The Morgan fingerprint density at radius 3 is 2.17 bits per heavy atom. The summed E-state index contributed by atoms with van der Waals surface area (Å²) in [6, 6.07) is 10.9. The lowest BCUT2D eigenvalue weighted by atomic mass is 10.1. The Balaban J connectivity index is 1.68.